The summed E-state index contributed by atoms with van der Waals surface area (Å²) in [5.41, 5.74) is 1.95. The summed E-state index contributed by atoms with van der Waals surface area (Å²) in [5, 5.41) is 12.2. The number of hydrogen-bond acceptors (Lipinski definition) is 8. The van der Waals surface area contributed by atoms with Crippen molar-refractivity contribution < 1.29 is 14.3 Å². The lowest BCUT2D eigenvalue weighted by Gasteiger charge is -2.28. The highest BCUT2D eigenvalue weighted by molar-refractivity contribution is 7.99. The third-order valence-corrected chi connectivity index (χ3v) is 6.27. The largest absolute Gasteiger partial charge is 0.379 e. The Bertz CT molecular complexity index is 832. The Kier molecular flexibility index (Phi) is 7.21. The summed E-state index contributed by atoms with van der Waals surface area (Å²) in [6.07, 6.45) is 0. The molecule has 9 nitrogen and oxygen atoms in total. The maximum absolute atomic E-state index is 12.4. The minimum absolute atomic E-state index is 0.0585. The van der Waals surface area contributed by atoms with Gasteiger partial charge in [-0.1, -0.05) is 11.8 Å². The molecule has 0 atom stereocenters. The Balaban J connectivity index is 1.25. The van der Waals surface area contributed by atoms with Crippen LogP contribution in [0.3, 0.4) is 0 Å². The van der Waals surface area contributed by atoms with Crippen molar-refractivity contribution in [1.29, 1.82) is 0 Å². The van der Waals surface area contributed by atoms with Crippen molar-refractivity contribution in [3.05, 3.63) is 30.1 Å². The number of rotatable bonds is 7. The van der Waals surface area contributed by atoms with Crippen LogP contribution in [0.15, 0.2) is 29.4 Å². The lowest BCUT2D eigenvalue weighted by molar-refractivity contribution is -0.113. The number of hydrogen-bond donors (Lipinski definition) is 1. The normalized spacial score (nSPS) is 17.8. The lowest BCUT2D eigenvalue weighted by atomic mass is 10.2. The summed E-state index contributed by atoms with van der Waals surface area (Å²) < 4.78 is 12.7. The zero-order valence-corrected chi connectivity index (χ0v) is 18.1. The first-order chi connectivity index (χ1) is 14.7. The molecule has 2 aliphatic heterocycles. The third kappa shape index (κ3) is 5.51. The van der Waals surface area contributed by atoms with E-state index in [1.54, 1.807) is 0 Å². The maximum Gasteiger partial charge on any atom is 0.234 e. The number of carbonyl (C=O) groups excluding carboxylic acids is 1. The van der Waals surface area contributed by atoms with Crippen molar-refractivity contribution in [2.75, 3.05) is 68.6 Å². The Labute approximate surface area is 180 Å². The number of ether oxygens (including phenoxy) is 2. The molecule has 0 unspecified atom stereocenters. The summed E-state index contributed by atoms with van der Waals surface area (Å²) >= 11 is 1.40. The molecule has 3 heterocycles. The quantitative estimate of drug-likeness (QED) is 0.654. The van der Waals surface area contributed by atoms with Crippen LogP contribution in [0, 0.1) is 0 Å². The van der Waals surface area contributed by atoms with Crippen LogP contribution in [0.4, 0.5) is 11.4 Å². The number of carbonyl (C=O) groups is 1. The van der Waals surface area contributed by atoms with Gasteiger partial charge in [0.05, 0.1) is 38.7 Å². The van der Waals surface area contributed by atoms with E-state index in [1.165, 1.54) is 11.8 Å². The molecule has 30 heavy (non-hydrogen) atoms. The molecular weight excluding hydrogens is 404 g/mol. The average molecular weight is 433 g/mol. The van der Waals surface area contributed by atoms with Gasteiger partial charge in [0.25, 0.3) is 0 Å². The number of aromatic nitrogens is 3. The van der Waals surface area contributed by atoms with E-state index in [1.807, 2.05) is 35.9 Å². The van der Waals surface area contributed by atoms with Crippen LogP contribution in [0.25, 0.3) is 0 Å². The second kappa shape index (κ2) is 10.3. The van der Waals surface area contributed by atoms with Gasteiger partial charge in [-0.05, 0) is 24.3 Å². The van der Waals surface area contributed by atoms with E-state index in [4.69, 9.17) is 9.47 Å². The van der Waals surface area contributed by atoms with E-state index < -0.39 is 0 Å². The van der Waals surface area contributed by atoms with Gasteiger partial charge in [0.2, 0.25) is 5.91 Å². The van der Waals surface area contributed by atoms with E-state index in [2.05, 4.69) is 25.3 Å². The van der Waals surface area contributed by atoms with Gasteiger partial charge in [-0.3, -0.25) is 9.69 Å². The zero-order chi connectivity index (χ0) is 20.8. The Morgan fingerprint density at radius 2 is 1.70 bits per heavy atom. The summed E-state index contributed by atoms with van der Waals surface area (Å²) in [6, 6.07) is 7.95. The molecule has 2 fully saturated rings. The van der Waals surface area contributed by atoms with E-state index in [0.717, 1.165) is 81.5 Å². The molecule has 1 N–H and O–H groups in total. The molecule has 0 spiro atoms. The molecule has 4 rings (SSSR count). The molecule has 1 aromatic carbocycles. The van der Waals surface area contributed by atoms with Gasteiger partial charge in [0.1, 0.15) is 5.82 Å². The number of benzene rings is 1. The predicted molar refractivity (Wildman–Crippen MR) is 116 cm³/mol. The van der Waals surface area contributed by atoms with Crippen molar-refractivity contribution in [2.45, 2.75) is 11.7 Å². The molecule has 2 saturated heterocycles. The monoisotopic (exact) mass is 432 g/mol. The first-order valence-corrected chi connectivity index (χ1v) is 11.2. The molecule has 0 saturated carbocycles. The fourth-order valence-corrected chi connectivity index (χ4v) is 4.20. The number of nitrogens with zero attached hydrogens (tertiary/aromatic N) is 5. The van der Waals surface area contributed by atoms with Crippen molar-refractivity contribution in [1.82, 2.24) is 19.7 Å². The van der Waals surface area contributed by atoms with Gasteiger partial charge < -0.3 is 24.3 Å². The van der Waals surface area contributed by atoms with Crippen molar-refractivity contribution >= 4 is 29.0 Å². The fraction of sp³-hybridized carbons (Fsp3) is 0.550. The van der Waals surface area contributed by atoms with Crippen molar-refractivity contribution in [3.8, 4) is 0 Å². The molecule has 162 valence electrons. The van der Waals surface area contributed by atoms with Crippen LogP contribution in [0.2, 0.25) is 0 Å². The van der Waals surface area contributed by atoms with E-state index in [9.17, 15) is 4.79 Å². The average Bonchev–Trinajstić information content (AvgIpc) is 3.13. The first-order valence-electron chi connectivity index (χ1n) is 10.2. The van der Waals surface area contributed by atoms with Crippen molar-refractivity contribution in [3.63, 3.8) is 0 Å². The minimum atomic E-state index is -0.0585. The Morgan fingerprint density at radius 1 is 1.03 bits per heavy atom. The standard InChI is InChI=1S/C20H28N6O3S/c1-24-18(14-25-6-10-28-11-7-25)22-23-20(24)30-15-19(27)21-16-2-4-17(5-3-16)26-8-12-29-13-9-26/h2-5H,6-15H2,1H3,(H,21,27). The van der Waals surface area contributed by atoms with Gasteiger partial charge in [0, 0.05) is 44.6 Å². The van der Waals surface area contributed by atoms with Gasteiger partial charge in [0.15, 0.2) is 5.16 Å². The van der Waals surface area contributed by atoms with E-state index in [0.29, 0.717) is 0 Å². The number of morpholine rings is 2. The Morgan fingerprint density at radius 3 is 2.40 bits per heavy atom. The molecule has 0 bridgehead atoms. The molecule has 1 aromatic heterocycles. The first kappa shape index (κ1) is 21.1. The Hall–Kier alpha value is -2.14. The number of thioether (sulfide) groups is 1. The summed E-state index contributed by atoms with van der Waals surface area (Å²) in [7, 11) is 1.94. The van der Waals surface area contributed by atoms with Crippen molar-refractivity contribution in [2.24, 2.45) is 7.05 Å². The summed E-state index contributed by atoms with van der Waals surface area (Å²) in [5.74, 6) is 1.13. The van der Waals surface area contributed by atoms with Crippen LogP contribution in [0.5, 0.6) is 0 Å². The molecule has 1 amide bonds. The second-order valence-electron chi connectivity index (χ2n) is 7.33. The predicted octanol–water partition coefficient (Wildman–Crippen LogP) is 1.21. The van der Waals surface area contributed by atoms with E-state index >= 15 is 0 Å². The highest BCUT2D eigenvalue weighted by atomic mass is 32.2. The highest BCUT2D eigenvalue weighted by Crippen LogP contribution is 2.20. The summed E-state index contributed by atoms with van der Waals surface area (Å²) in [4.78, 5) is 17.0. The van der Waals surface area contributed by atoms with Crippen LogP contribution < -0.4 is 10.2 Å². The topological polar surface area (TPSA) is 84.8 Å². The maximum atomic E-state index is 12.4. The SMILES string of the molecule is Cn1c(CN2CCOCC2)nnc1SCC(=O)Nc1ccc(N2CCOCC2)cc1. The van der Waals surface area contributed by atoms with Crippen LogP contribution in [-0.4, -0.2) is 83.9 Å². The second-order valence-corrected chi connectivity index (χ2v) is 8.27. The molecule has 10 heteroatoms. The van der Waals surface area contributed by atoms with Crippen LogP contribution in [-0.2, 0) is 27.9 Å². The van der Waals surface area contributed by atoms with Gasteiger partial charge >= 0.3 is 0 Å². The van der Waals surface area contributed by atoms with Gasteiger partial charge in [-0.2, -0.15) is 0 Å². The number of anilines is 2. The van der Waals surface area contributed by atoms with Gasteiger partial charge in [-0.15, -0.1) is 10.2 Å². The highest BCUT2D eigenvalue weighted by Gasteiger charge is 2.17. The fourth-order valence-electron chi connectivity index (χ4n) is 3.47. The molecule has 0 aliphatic carbocycles. The minimum Gasteiger partial charge on any atom is -0.379 e. The van der Waals surface area contributed by atoms with Crippen LogP contribution >= 0.6 is 11.8 Å². The summed E-state index contributed by atoms with van der Waals surface area (Å²) in [6.45, 7) is 7.37. The molecule has 0 radical (unpaired) electrons. The number of amides is 1. The molecular formula is C20H28N6O3S. The van der Waals surface area contributed by atoms with Crippen LogP contribution in [0.1, 0.15) is 5.82 Å². The third-order valence-electron chi connectivity index (χ3n) is 5.25. The lowest BCUT2D eigenvalue weighted by Crippen LogP contribution is -2.36. The van der Waals surface area contributed by atoms with Gasteiger partial charge in [-0.25, -0.2) is 0 Å². The zero-order valence-electron chi connectivity index (χ0n) is 17.2. The number of nitrogens with one attached hydrogen (secondary N) is 1. The smallest absolute Gasteiger partial charge is 0.234 e. The van der Waals surface area contributed by atoms with E-state index in [-0.39, 0.29) is 11.7 Å². The molecule has 2 aromatic rings. The molecule has 2 aliphatic rings.